The van der Waals surface area contributed by atoms with Crippen LogP contribution in [0, 0.1) is 6.92 Å². The van der Waals surface area contributed by atoms with Gasteiger partial charge in [-0.2, -0.15) is 0 Å². The molecular formula is C20H22N2O3S. The Bertz CT molecular complexity index is 963. The number of anilines is 1. The van der Waals surface area contributed by atoms with E-state index in [0.717, 1.165) is 30.4 Å². The smallest absolute Gasteiger partial charge is 0.265 e. The van der Waals surface area contributed by atoms with E-state index in [0.29, 0.717) is 24.3 Å². The van der Waals surface area contributed by atoms with Gasteiger partial charge in [-0.1, -0.05) is 29.8 Å². The highest BCUT2D eigenvalue weighted by Gasteiger charge is 2.36. The van der Waals surface area contributed by atoms with Crippen LogP contribution >= 0.6 is 0 Å². The molecule has 6 heteroatoms. The van der Waals surface area contributed by atoms with Gasteiger partial charge < -0.3 is 4.90 Å². The number of rotatable bonds is 2. The summed E-state index contributed by atoms with van der Waals surface area (Å²) in [5.74, 6) is -0.126. The summed E-state index contributed by atoms with van der Waals surface area (Å²) in [4.78, 5) is 14.8. The maximum Gasteiger partial charge on any atom is 0.265 e. The summed E-state index contributed by atoms with van der Waals surface area (Å²) in [5, 5.41) is 0. The predicted molar refractivity (Wildman–Crippen MR) is 102 cm³/mol. The third-order valence-corrected chi connectivity index (χ3v) is 6.97. The molecule has 2 aromatic rings. The van der Waals surface area contributed by atoms with Crippen LogP contribution in [-0.4, -0.2) is 38.9 Å². The van der Waals surface area contributed by atoms with Gasteiger partial charge in [0.2, 0.25) is 5.91 Å². The lowest BCUT2D eigenvalue weighted by Gasteiger charge is -2.34. The number of piperidine rings is 1. The summed E-state index contributed by atoms with van der Waals surface area (Å²) in [7, 11) is -3.76. The van der Waals surface area contributed by atoms with Crippen molar-refractivity contribution in [3.8, 4) is 11.1 Å². The fraction of sp³-hybridized carbons (Fsp3) is 0.350. The molecule has 26 heavy (non-hydrogen) atoms. The Kier molecular flexibility index (Phi) is 4.23. The van der Waals surface area contributed by atoms with Gasteiger partial charge >= 0.3 is 0 Å². The first kappa shape index (κ1) is 17.1. The van der Waals surface area contributed by atoms with Crippen LogP contribution in [0.4, 0.5) is 5.69 Å². The summed E-state index contributed by atoms with van der Waals surface area (Å²) in [6.45, 7) is 3.26. The van der Waals surface area contributed by atoms with Crippen molar-refractivity contribution in [1.82, 2.24) is 4.90 Å². The van der Waals surface area contributed by atoms with E-state index in [1.165, 1.54) is 4.31 Å². The molecule has 2 heterocycles. The van der Waals surface area contributed by atoms with Crippen LogP contribution in [0.3, 0.4) is 0 Å². The van der Waals surface area contributed by atoms with Gasteiger partial charge in [-0.15, -0.1) is 0 Å². The van der Waals surface area contributed by atoms with Crippen LogP contribution in [-0.2, 0) is 14.8 Å². The lowest BCUT2D eigenvalue weighted by molar-refractivity contribution is -0.130. The van der Waals surface area contributed by atoms with Gasteiger partial charge in [0.25, 0.3) is 10.0 Å². The van der Waals surface area contributed by atoms with E-state index in [-0.39, 0.29) is 17.3 Å². The van der Waals surface area contributed by atoms with Gasteiger partial charge in [0.1, 0.15) is 6.54 Å². The van der Waals surface area contributed by atoms with Crippen molar-refractivity contribution in [2.24, 2.45) is 0 Å². The van der Waals surface area contributed by atoms with E-state index in [1.807, 2.05) is 37.3 Å². The van der Waals surface area contributed by atoms with Crippen molar-refractivity contribution >= 4 is 21.6 Å². The number of hydrogen-bond acceptors (Lipinski definition) is 3. The second kappa shape index (κ2) is 6.43. The van der Waals surface area contributed by atoms with Gasteiger partial charge in [0, 0.05) is 24.2 Å². The van der Waals surface area contributed by atoms with Crippen molar-refractivity contribution in [2.75, 3.05) is 23.9 Å². The van der Waals surface area contributed by atoms with E-state index in [1.54, 1.807) is 17.0 Å². The van der Waals surface area contributed by atoms with E-state index < -0.39 is 10.0 Å². The summed E-state index contributed by atoms with van der Waals surface area (Å²) >= 11 is 0. The van der Waals surface area contributed by atoms with Crippen LogP contribution in [0.5, 0.6) is 0 Å². The molecule has 0 unspecified atom stereocenters. The van der Waals surface area contributed by atoms with Crippen molar-refractivity contribution < 1.29 is 13.2 Å². The number of aryl methyl sites for hydroxylation is 1. The van der Waals surface area contributed by atoms with Gasteiger partial charge in [-0.25, -0.2) is 8.42 Å². The van der Waals surface area contributed by atoms with Crippen molar-refractivity contribution in [3.63, 3.8) is 0 Å². The summed E-state index contributed by atoms with van der Waals surface area (Å²) in [6.07, 6.45) is 3.09. The Balaban J connectivity index is 1.78. The van der Waals surface area contributed by atoms with Crippen LogP contribution < -0.4 is 4.31 Å². The van der Waals surface area contributed by atoms with E-state index in [4.69, 9.17) is 0 Å². The van der Waals surface area contributed by atoms with Crippen LogP contribution in [0.15, 0.2) is 47.4 Å². The molecule has 0 bridgehead atoms. The minimum atomic E-state index is -3.76. The number of likely N-dealkylation sites (tertiary alicyclic amines) is 1. The second-order valence-corrected chi connectivity index (χ2v) is 8.80. The number of sulfonamides is 1. The molecule has 2 aliphatic rings. The molecule has 0 saturated carbocycles. The number of fused-ring (bicyclic) bond motifs is 3. The molecular weight excluding hydrogens is 348 g/mol. The molecule has 2 aliphatic heterocycles. The first-order valence-corrected chi connectivity index (χ1v) is 10.4. The Morgan fingerprint density at radius 2 is 1.73 bits per heavy atom. The number of carbonyl (C=O) groups excluding carboxylic acids is 1. The van der Waals surface area contributed by atoms with Crippen LogP contribution in [0.2, 0.25) is 0 Å². The maximum atomic E-state index is 13.2. The standard InChI is InChI=1S/C20H22N2O3S/c1-15-9-10-18-17(13-15)16-7-3-4-8-19(16)26(24,25)22(18)14-20(23)21-11-5-2-6-12-21/h3-4,7-10,13H,2,5-6,11-12,14H2,1H3. The van der Waals surface area contributed by atoms with Crippen molar-refractivity contribution in [3.05, 3.63) is 48.0 Å². The number of benzene rings is 2. The SMILES string of the molecule is Cc1ccc2c(c1)-c1ccccc1S(=O)(=O)N2CC(=O)N1CCCCC1. The topological polar surface area (TPSA) is 57.7 Å². The van der Waals surface area contributed by atoms with Gasteiger partial charge in [0.15, 0.2) is 0 Å². The number of amides is 1. The zero-order chi connectivity index (χ0) is 18.3. The molecule has 1 amide bonds. The Morgan fingerprint density at radius 1 is 1.00 bits per heavy atom. The lowest BCUT2D eigenvalue weighted by atomic mass is 10.0. The molecule has 1 saturated heterocycles. The van der Waals surface area contributed by atoms with E-state index in [9.17, 15) is 13.2 Å². The molecule has 1 fully saturated rings. The lowest BCUT2D eigenvalue weighted by Crippen LogP contribution is -2.45. The Hall–Kier alpha value is -2.34. The van der Waals surface area contributed by atoms with E-state index >= 15 is 0 Å². The predicted octanol–water partition coefficient (Wildman–Crippen LogP) is 3.18. The van der Waals surface area contributed by atoms with Crippen LogP contribution in [0.25, 0.3) is 11.1 Å². The zero-order valence-electron chi connectivity index (χ0n) is 14.8. The highest BCUT2D eigenvalue weighted by molar-refractivity contribution is 7.93. The molecule has 0 spiro atoms. The molecule has 0 aromatic heterocycles. The number of nitrogens with zero attached hydrogens (tertiary/aromatic N) is 2. The molecule has 2 aromatic carbocycles. The fourth-order valence-electron chi connectivity index (χ4n) is 3.78. The largest absolute Gasteiger partial charge is 0.341 e. The fourth-order valence-corrected chi connectivity index (χ4v) is 5.42. The minimum absolute atomic E-state index is 0.126. The molecule has 5 nitrogen and oxygen atoms in total. The summed E-state index contributed by atoms with van der Waals surface area (Å²) in [6, 6.07) is 12.7. The molecule has 0 atom stereocenters. The molecule has 0 radical (unpaired) electrons. The average Bonchev–Trinajstić information content (AvgIpc) is 2.66. The zero-order valence-corrected chi connectivity index (χ0v) is 15.6. The van der Waals surface area contributed by atoms with Crippen LogP contribution in [0.1, 0.15) is 24.8 Å². The Labute approximate surface area is 154 Å². The average molecular weight is 370 g/mol. The van der Waals surface area contributed by atoms with Gasteiger partial charge in [-0.05, 0) is 44.4 Å². The molecule has 4 rings (SSSR count). The highest BCUT2D eigenvalue weighted by atomic mass is 32.2. The van der Waals surface area contributed by atoms with E-state index in [2.05, 4.69) is 0 Å². The minimum Gasteiger partial charge on any atom is -0.341 e. The monoisotopic (exact) mass is 370 g/mol. The third kappa shape index (κ3) is 2.78. The van der Waals surface area contributed by atoms with Gasteiger partial charge in [-0.3, -0.25) is 9.10 Å². The first-order valence-electron chi connectivity index (χ1n) is 8.99. The van der Waals surface area contributed by atoms with Gasteiger partial charge in [0.05, 0.1) is 10.6 Å². The first-order chi connectivity index (χ1) is 12.5. The molecule has 136 valence electrons. The van der Waals surface area contributed by atoms with Crippen molar-refractivity contribution in [1.29, 1.82) is 0 Å². The maximum absolute atomic E-state index is 13.2. The highest BCUT2D eigenvalue weighted by Crippen LogP contribution is 2.43. The summed E-state index contributed by atoms with van der Waals surface area (Å²) < 4.78 is 27.7. The number of carbonyl (C=O) groups is 1. The quantitative estimate of drug-likeness (QED) is 0.816. The molecule has 0 aliphatic carbocycles. The molecule has 0 N–H and O–H groups in total. The third-order valence-electron chi connectivity index (χ3n) is 5.15. The Morgan fingerprint density at radius 3 is 2.50 bits per heavy atom. The number of hydrogen-bond donors (Lipinski definition) is 0. The summed E-state index contributed by atoms with van der Waals surface area (Å²) in [5.41, 5.74) is 3.20. The van der Waals surface area contributed by atoms with Crippen molar-refractivity contribution in [2.45, 2.75) is 31.1 Å². The second-order valence-electron chi connectivity index (χ2n) is 6.97. The normalized spacial score (nSPS) is 18.2.